The van der Waals surface area contributed by atoms with Crippen LogP contribution in [-0.2, 0) is 11.2 Å². The number of urea groups is 1. The molecule has 3 N–H and O–H groups in total. The van der Waals surface area contributed by atoms with Crippen LogP contribution in [0.3, 0.4) is 0 Å². The molecule has 8 nitrogen and oxygen atoms in total. The van der Waals surface area contributed by atoms with E-state index in [4.69, 9.17) is 4.74 Å². The van der Waals surface area contributed by atoms with E-state index in [9.17, 15) is 14.7 Å². The number of carbonyl (C=O) groups excluding carboxylic acids is 2. The number of aromatic amines is 1. The number of aromatic hydroxyl groups is 1. The highest BCUT2D eigenvalue weighted by Crippen LogP contribution is 2.49. The van der Waals surface area contributed by atoms with Gasteiger partial charge < -0.3 is 20.1 Å². The number of phenolic OH excluding ortho intramolecular Hbond substituents is 1. The number of halogens is 1. The van der Waals surface area contributed by atoms with E-state index in [1.807, 2.05) is 6.92 Å². The lowest BCUT2D eigenvalue weighted by Gasteiger charge is -2.42. The number of rotatable bonds is 6. The number of aromatic nitrogens is 1. The molecule has 0 spiro atoms. The molecule has 2 aliphatic rings. The van der Waals surface area contributed by atoms with Crippen LogP contribution in [0.2, 0.25) is 0 Å². The number of hydrogen-bond acceptors (Lipinski definition) is 5. The maximum atomic E-state index is 15.4. The molecule has 0 bridgehead atoms. The third-order valence-electron chi connectivity index (χ3n) is 6.90. The van der Waals surface area contributed by atoms with E-state index in [2.05, 4.69) is 10.3 Å². The zero-order chi connectivity index (χ0) is 24.2. The molecule has 2 aliphatic heterocycles. The maximum Gasteiger partial charge on any atom is 0.328 e. The van der Waals surface area contributed by atoms with E-state index >= 15 is 4.39 Å². The van der Waals surface area contributed by atoms with Gasteiger partial charge in [-0.05, 0) is 48.9 Å². The predicted octanol–water partition coefficient (Wildman–Crippen LogP) is 3.30. The van der Waals surface area contributed by atoms with Gasteiger partial charge >= 0.3 is 6.03 Å². The molecule has 3 heterocycles. The van der Waals surface area contributed by atoms with E-state index in [0.29, 0.717) is 34.3 Å². The molecule has 34 heavy (non-hydrogen) atoms. The quantitative estimate of drug-likeness (QED) is 0.383. The third-order valence-corrected chi connectivity index (χ3v) is 6.90. The number of likely N-dealkylation sites (N-methyl/N-ethyl adjacent to an activating group) is 1. The number of phenols is 1. The van der Waals surface area contributed by atoms with Crippen molar-refractivity contribution in [1.82, 2.24) is 20.1 Å². The van der Waals surface area contributed by atoms with Crippen LogP contribution < -0.4 is 10.1 Å². The summed E-state index contributed by atoms with van der Waals surface area (Å²) in [6.07, 6.45) is 0.157. The van der Waals surface area contributed by atoms with Crippen molar-refractivity contribution < 1.29 is 23.8 Å². The van der Waals surface area contributed by atoms with Crippen LogP contribution in [0.15, 0.2) is 36.4 Å². The van der Waals surface area contributed by atoms with Gasteiger partial charge in [0.05, 0.1) is 7.11 Å². The normalized spacial score (nSPS) is 21.8. The molecule has 2 unspecified atom stereocenters. The Kier molecular flexibility index (Phi) is 5.24. The number of fused-ring (bicyclic) bond motifs is 4. The molecule has 5 rings (SSSR count). The first-order valence-electron chi connectivity index (χ1n) is 11.3. The first kappa shape index (κ1) is 22.2. The first-order chi connectivity index (χ1) is 16.3. The molecule has 178 valence electrons. The van der Waals surface area contributed by atoms with E-state index in [1.165, 1.54) is 12.0 Å². The number of methoxy groups -OCH3 is 1. The van der Waals surface area contributed by atoms with Crippen LogP contribution >= 0.6 is 0 Å². The standard InChI is InChI=1S/C25H27FN4O4/c1-4-27-10-11-29-23(32)25(2)13-16-19-17(8-9-18(34-3)20(19)26)28-21(16)22(30(25)24(29)33)14-6-5-7-15(31)12-14/h5-9,12,22,27-28,31H,4,10-11,13H2,1-3H3. The summed E-state index contributed by atoms with van der Waals surface area (Å²) in [5.74, 6) is -0.678. The van der Waals surface area contributed by atoms with Gasteiger partial charge in [-0.1, -0.05) is 19.1 Å². The van der Waals surface area contributed by atoms with Gasteiger partial charge in [-0.15, -0.1) is 0 Å². The number of H-pyrrole nitrogens is 1. The third kappa shape index (κ3) is 3.07. The molecule has 1 fully saturated rings. The van der Waals surface area contributed by atoms with Crippen LogP contribution in [0, 0.1) is 5.82 Å². The topological polar surface area (TPSA) is 97.9 Å². The van der Waals surface area contributed by atoms with Gasteiger partial charge in [-0.2, -0.15) is 0 Å². The van der Waals surface area contributed by atoms with Gasteiger partial charge in [-0.3, -0.25) is 14.6 Å². The molecule has 2 aromatic carbocycles. The van der Waals surface area contributed by atoms with Gasteiger partial charge in [-0.25, -0.2) is 9.18 Å². The molecule has 3 aromatic rings. The number of imide groups is 1. The van der Waals surface area contributed by atoms with E-state index in [1.54, 1.807) is 48.2 Å². The summed E-state index contributed by atoms with van der Waals surface area (Å²) in [6.45, 7) is 5.13. The van der Waals surface area contributed by atoms with Crippen molar-refractivity contribution in [2.24, 2.45) is 0 Å². The second-order valence-corrected chi connectivity index (χ2v) is 8.93. The minimum absolute atomic E-state index is 0.0391. The van der Waals surface area contributed by atoms with Gasteiger partial charge in [0, 0.05) is 36.1 Å². The van der Waals surface area contributed by atoms with Crippen LogP contribution in [0.4, 0.5) is 9.18 Å². The van der Waals surface area contributed by atoms with E-state index in [0.717, 1.165) is 6.54 Å². The summed E-state index contributed by atoms with van der Waals surface area (Å²) >= 11 is 0. The van der Waals surface area contributed by atoms with Crippen molar-refractivity contribution in [3.8, 4) is 11.5 Å². The van der Waals surface area contributed by atoms with Gasteiger partial charge in [0.2, 0.25) is 0 Å². The molecule has 9 heteroatoms. The summed E-state index contributed by atoms with van der Waals surface area (Å²) in [6, 6.07) is 8.76. The fraction of sp³-hybridized carbons (Fsp3) is 0.360. The Balaban J connectivity index is 1.73. The Labute approximate surface area is 196 Å². The molecule has 2 atom stereocenters. The van der Waals surface area contributed by atoms with E-state index in [-0.39, 0.29) is 30.4 Å². The monoisotopic (exact) mass is 466 g/mol. The van der Waals surface area contributed by atoms with Crippen molar-refractivity contribution in [2.75, 3.05) is 26.7 Å². The molecule has 0 radical (unpaired) electrons. The molecular formula is C25H27FN4O4. The maximum absolute atomic E-state index is 15.4. The highest BCUT2D eigenvalue weighted by atomic mass is 19.1. The summed E-state index contributed by atoms with van der Waals surface area (Å²) in [4.78, 5) is 33.4. The Hall–Kier alpha value is -3.59. The van der Waals surface area contributed by atoms with Crippen molar-refractivity contribution >= 4 is 22.8 Å². The lowest BCUT2D eigenvalue weighted by molar-refractivity contribution is -0.133. The number of nitrogens with zero attached hydrogens (tertiary/aromatic N) is 2. The SMILES string of the molecule is CCNCCN1C(=O)N2C(c3cccc(O)c3)c3[nH]c4ccc(OC)c(F)c4c3CC2(C)C1=O. The van der Waals surface area contributed by atoms with Crippen LogP contribution in [0.25, 0.3) is 10.9 Å². The Morgan fingerprint density at radius 1 is 1.29 bits per heavy atom. The molecular weight excluding hydrogens is 439 g/mol. The van der Waals surface area contributed by atoms with Crippen LogP contribution in [0.5, 0.6) is 11.5 Å². The van der Waals surface area contributed by atoms with Crippen molar-refractivity contribution in [2.45, 2.75) is 31.8 Å². The number of hydrogen-bond donors (Lipinski definition) is 3. The van der Waals surface area contributed by atoms with Gasteiger partial charge in [0.25, 0.3) is 5.91 Å². The Morgan fingerprint density at radius 2 is 2.09 bits per heavy atom. The summed E-state index contributed by atoms with van der Waals surface area (Å²) in [5, 5.41) is 13.7. The first-order valence-corrected chi connectivity index (χ1v) is 11.3. The van der Waals surface area contributed by atoms with Gasteiger partial charge in [0.1, 0.15) is 17.3 Å². The number of amides is 3. The molecule has 0 aliphatic carbocycles. The number of carbonyl (C=O) groups is 2. The summed E-state index contributed by atoms with van der Waals surface area (Å²) in [7, 11) is 1.41. The zero-order valence-electron chi connectivity index (χ0n) is 19.3. The molecule has 3 amide bonds. The number of benzene rings is 2. The molecule has 1 saturated heterocycles. The van der Waals surface area contributed by atoms with Crippen molar-refractivity contribution in [1.29, 1.82) is 0 Å². The molecule has 1 aromatic heterocycles. The summed E-state index contributed by atoms with van der Waals surface area (Å²) < 4.78 is 20.6. The van der Waals surface area contributed by atoms with Crippen LogP contribution in [-0.4, -0.2) is 64.1 Å². The number of nitrogens with one attached hydrogen (secondary N) is 2. The fourth-order valence-corrected chi connectivity index (χ4v) is 5.31. The number of ether oxygens (including phenoxy) is 1. The van der Waals surface area contributed by atoms with Gasteiger partial charge in [0.15, 0.2) is 11.6 Å². The lowest BCUT2D eigenvalue weighted by Crippen LogP contribution is -2.53. The van der Waals surface area contributed by atoms with Crippen molar-refractivity contribution in [3.05, 3.63) is 59.0 Å². The van der Waals surface area contributed by atoms with Crippen LogP contribution in [0.1, 0.15) is 36.7 Å². The predicted molar refractivity (Wildman–Crippen MR) is 124 cm³/mol. The van der Waals surface area contributed by atoms with Crippen molar-refractivity contribution in [3.63, 3.8) is 0 Å². The minimum atomic E-state index is -1.21. The lowest BCUT2D eigenvalue weighted by atomic mass is 9.81. The highest BCUT2D eigenvalue weighted by Gasteiger charge is 2.60. The molecule has 0 saturated carbocycles. The Morgan fingerprint density at radius 3 is 2.79 bits per heavy atom. The fourth-order valence-electron chi connectivity index (χ4n) is 5.31. The summed E-state index contributed by atoms with van der Waals surface area (Å²) in [5.41, 5.74) is 1.23. The smallest absolute Gasteiger partial charge is 0.328 e. The zero-order valence-corrected chi connectivity index (χ0v) is 19.3. The second kappa shape index (κ2) is 8.02. The van der Waals surface area contributed by atoms with E-state index < -0.39 is 23.4 Å². The Bertz CT molecular complexity index is 1310. The average Bonchev–Trinajstić information content (AvgIpc) is 3.26. The second-order valence-electron chi connectivity index (χ2n) is 8.93. The minimum Gasteiger partial charge on any atom is -0.508 e. The average molecular weight is 467 g/mol. The largest absolute Gasteiger partial charge is 0.508 e. The highest BCUT2D eigenvalue weighted by molar-refractivity contribution is 6.08.